The Bertz CT molecular complexity index is 1070. The van der Waals surface area contributed by atoms with Crippen molar-refractivity contribution in [3.05, 3.63) is 72.6 Å². The number of rotatable bonds is 7. The minimum Gasteiger partial charge on any atom is -0.378 e. The molecule has 0 aliphatic carbocycles. The Morgan fingerprint density at radius 3 is 2.30 bits per heavy atom. The number of amides is 2. The number of carbonyl (C=O) groups excluding carboxylic acids is 2. The van der Waals surface area contributed by atoms with Crippen molar-refractivity contribution in [3.63, 3.8) is 0 Å². The van der Waals surface area contributed by atoms with E-state index in [0.717, 1.165) is 37.6 Å². The number of nitrogens with zero attached hydrogens (tertiary/aromatic N) is 4. The number of anilines is 2. The van der Waals surface area contributed by atoms with E-state index in [9.17, 15) is 9.59 Å². The average Bonchev–Trinajstić information content (AvgIpc) is 2.88. The second-order valence-electron chi connectivity index (χ2n) is 7.68. The molecular weight excluding hydrogens is 418 g/mol. The molecule has 170 valence electrons. The molecule has 8 heteroatoms. The van der Waals surface area contributed by atoms with Gasteiger partial charge < -0.3 is 19.9 Å². The molecule has 0 spiro atoms. The highest BCUT2D eigenvalue weighted by atomic mass is 16.5. The van der Waals surface area contributed by atoms with Gasteiger partial charge in [-0.15, -0.1) is 0 Å². The first kappa shape index (κ1) is 22.4. The molecule has 4 rings (SSSR count). The molecule has 0 saturated carbocycles. The summed E-state index contributed by atoms with van der Waals surface area (Å²) in [5.74, 6) is 0.00883. The number of nitrogens with one attached hydrogen (secondary N) is 1. The van der Waals surface area contributed by atoms with Crippen LogP contribution in [0, 0.1) is 0 Å². The number of benzene rings is 2. The lowest BCUT2D eigenvalue weighted by molar-refractivity contribution is -0.116. The number of aromatic nitrogens is 2. The zero-order chi connectivity index (χ0) is 23.0. The fraction of sp³-hybridized carbons (Fsp3) is 0.280. The first-order valence-corrected chi connectivity index (χ1v) is 11.0. The van der Waals surface area contributed by atoms with Gasteiger partial charge >= 0.3 is 0 Å². The highest BCUT2D eigenvalue weighted by Crippen LogP contribution is 2.19. The number of ether oxygens (including phenoxy) is 1. The van der Waals surface area contributed by atoms with Crippen LogP contribution in [-0.2, 0) is 9.53 Å². The fourth-order valence-electron chi connectivity index (χ4n) is 3.64. The van der Waals surface area contributed by atoms with E-state index < -0.39 is 0 Å². The number of hydrogen-bond donors (Lipinski definition) is 1. The van der Waals surface area contributed by atoms with Gasteiger partial charge in [0.2, 0.25) is 5.91 Å². The molecule has 1 N–H and O–H groups in total. The third-order valence-electron chi connectivity index (χ3n) is 5.46. The van der Waals surface area contributed by atoms with Crippen LogP contribution in [0.1, 0.15) is 17.3 Å². The summed E-state index contributed by atoms with van der Waals surface area (Å²) in [5, 5.41) is 2.87. The van der Waals surface area contributed by atoms with Gasteiger partial charge in [-0.2, -0.15) is 0 Å². The zero-order valence-corrected chi connectivity index (χ0v) is 18.6. The van der Waals surface area contributed by atoms with Crippen molar-refractivity contribution in [2.75, 3.05) is 49.6 Å². The van der Waals surface area contributed by atoms with Crippen molar-refractivity contribution in [2.45, 2.75) is 6.92 Å². The topological polar surface area (TPSA) is 87.7 Å². The quantitative estimate of drug-likeness (QED) is 0.601. The van der Waals surface area contributed by atoms with Gasteiger partial charge in [0.15, 0.2) is 5.82 Å². The smallest absolute Gasteiger partial charge is 0.257 e. The minimum atomic E-state index is -0.282. The van der Waals surface area contributed by atoms with Crippen molar-refractivity contribution in [2.24, 2.45) is 0 Å². The highest BCUT2D eigenvalue weighted by Gasteiger charge is 2.19. The maximum Gasteiger partial charge on any atom is 0.257 e. The molecular formula is C25H27N5O3. The Morgan fingerprint density at radius 1 is 1.00 bits per heavy atom. The summed E-state index contributed by atoms with van der Waals surface area (Å²) in [6.07, 6.45) is 3.01. The van der Waals surface area contributed by atoms with Crippen LogP contribution in [0.25, 0.3) is 11.4 Å². The Labute approximate surface area is 193 Å². The van der Waals surface area contributed by atoms with Crippen LogP contribution in [0.2, 0.25) is 0 Å². The van der Waals surface area contributed by atoms with Crippen LogP contribution < -0.4 is 10.2 Å². The van der Waals surface area contributed by atoms with Gasteiger partial charge in [0.25, 0.3) is 5.91 Å². The van der Waals surface area contributed by atoms with E-state index in [2.05, 4.69) is 20.2 Å². The van der Waals surface area contributed by atoms with E-state index in [4.69, 9.17) is 4.74 Å². The Kier molecular flexibility index (Phi) is 7.26. The van der Waals surface area contributed by atoms with E-state index >= 15 is 0 Å². The molecule has 0 radical (unpaired) electrons. The van der Waals surface area contributed by atoms with E-state index in [1.165, 1.54) is 17.3 Å². The first-order valence-electron chi connectivity index (χ1n) is 11.0. The maximum atomic E-state index is 12.9. The average molecular weight is 446 g/mol. The fourth-order valence-corrected chi connectivity index (χ4v) is 3.64. The molecule has 0 unspecified atom stereocenters. The molecule has 33 heavy (non-hydrogen) atoms. The highest BCUT2D eigenvalue weighted by molar-refractivity contribution is 5.99. The summed E-state index contributed by atoms with van der Waals surface area (Å²) < 4.78 is 5.38. The summed E-state index contributed by atoms with van der Waals surface area (Å²) in [6.45, 7) is 5.33. The van der Waals surface area contributed by atoms with Crippen molar-refractivity contribution in [1.82, 2.24) is 14.9 Å². The molecule has 2 amide bonds. The summed E-state index contributed by atoms with van der Waals surface area (Å²) in [5.41, 5.74) is 3.01. The van der Waals surface area contributed by atoms with Crippen LogP contribution >= 0.6 is 0 Å². The lowest BCUT2D eigenvalue weighted by atomic mass is 10.2. The van der Waals surface area contributed by atoms with Crippen LogP contribution in [0.4, 0.5) is 11.4 Å². The standard InChI is InChI=1S/C25H27N5O3/c1-2-29(25(32)20-16-26-24(27-17-20)19-6-4-3-5-7-19)18-23(31)28-21-8-10-22(11-9-21)30-12-14-33-15-13-30/h3-11,16-17H,2,12-15,18H2,1H3,(H,28,31). The van der Waals surface area contributed by atoms with Crippen molar-refractivity contribution >= 4 is 23.2 Å². The number of hydrogen-bond acceptors (Lipinski definition) is 6. The van der Waals surface area contributed by atoms with Gasteiger partial charge in [-0.25, -0.2) is 9.97 Å². The van der Waals surface area contributed by atoms with Crippen LogP contribution in [0.15, 0.2) is 67.0 Å². The molecule has 8 nitrogen and oxygen atoms in total. The molecule has 1 aromatic heterocycles. The monoisotopic (exact) mass is 445 g/mol. The Balaban J connectivity index is 1.35. The summed E-state index contributed by atoms with van der Waals surface area (Å²) in [7, 11) is 0. The van der Waals surface area contributed by atoms with Gasteiger partial charge in [0, 0.05) is 49.0 Å². The Morgan fingerprint density at radius 2 is 1.67 bits per heavy atom. The van der Waals surface area contributed by atoms with Crippen molar-refractivity contribution in [1.29, 1.82) is 0 Å². The van der Waals surface area contributed by atoms with Gasteiger partial charge in [-0.05, 0) is 31.2 Å². The summed E-state index contributed by atoms with van der Waals surface area (Å²) >= 11 is 0. The molecule has 2 aromatic carbocycles. The summed E-state index contributed by atoms with van der Waals surface area (Å²) in [4.78, 5) is 37.8. The molecule has 0 atom stereocenters. The molecule has 1 fully saturated rings. The zero-order valence-electron chi connectivity index (χ0n) is 18.6. The molecule has 1 saturated heterocycles. The van der Waals surface area contributed by atoms with E-state index in [1.54, 1.807) is 0 Å². The third kappa shape index (κ3) is 5.72. The molecule has 2 heterocycles. The SMILES string of the molecule is CCN(CC(=O)Nc1ccc(N2CCOCC2)cc1)C(=O)c1cnc(-c2ccccc2)nc1. The second-order valence-corrected chi connectivity index (χ2v) is 7.68. The van der Waals surface area contributed by atoms with E-state index in [1.807, 2.05) is 61.5 Å². The maximum absolute atomic E-state index is 12.9. The molecule has 3 aromatic rings. The Hall–Kier alpha value is -3.78. The van der Waals surface area contributed by atoms with Crippen LogP contribution in [0.3, 0.4) is 0 Å². The predicted molar refractivity (Wildman–Crippen MR) is 127 cm³/mol. The van der Waals surface area contributed by atoms with Crippen LogP contribution in [0.5, 0.6) is 0 Å². The number of carbonyl (C=O) groups is 2. The van der Waals surface area contributed by atoms with Crippen molar-refractivity contribution < 1.29 is 14.3 Å². The van der Waals surface area contributed by atoms with Gasteiger partial charge in [-0.3, -0.25) is 9.59 Å². The van der Waals surface area contributed by atoms with Gasteiger partial charge in [-0.1, -0.05) is 30.3 Å². The third-order valence-corrected chi connectivity index (χ3v) is 5.46. The predicted octanol–water partition coefficient (Wildman–Crippen LogP) is 3.08. The van der Waals surface area contributed by atoms with E-state index in [0.29, 0.717) is 23.6 Å². The molecule has 1 aliphatic heterocycles. The second kappa shape index (κ2) is 10.7. The largest absolute Gasteiger partial charge is 0.378 e. The minimum absolute atomic E-state index is 0.0546. The first-order chi connectivity index (χ1) is 16.1. The lowest BCUT2D eigenvalue weighted by Gasteiger charge is -2.29. The summed E-state index contributed by atoms with van der Waals surface area (Å²) in [6, 6.07) is 17.3. The van der Waals surface area contributed by atoms with E-state index in [-0.39, 0.29) is 18.4 Å². The number of likely N-dealkylation sites (N-methyl/N-ethyl adjacent to an activating group) is 1. The molecule has 0 bridgehead atoms. The number of morpholine rings is 1. The molecule has 1 aliphatic rings. The van der Waals surface area contributed by atoms with Gasteiger partial charge in [0.05, 0.1) is 18.8 Å². The van der Waals surface area contributed by atoms with Gasteiger partial charge in [0.1, 0.15) is 6.54 Å². The normalized spacial score (nSPS) is 13.4. The van der Waals surface area contributed by atoms with Crippen LogP contribution in [-0.4, -0.2) is 66.1 Å². The van der Waals surface area contributed by atoms with Crippen molar-refractivity contribution in [3.8, 4) is 11.4 Å². The lowest BCUT2D eigenvalue weighted by Crippen LogP contribution is -2.38.